The molecule has 4 heteroatoms. The van der Waals surface area contributed by atoms with Gasteiger partial charge in [-0.25, -0.2) is 4.39 Å². The zero-order valence-electron chi connectivity index (χ0n) is 12.6. The van der Waals surface area contributed by atoms with Gasteiger partial charge in [-0.1, -0.05) is 26.8 Å². The van der Waals surface area contributed by atoms with Crippen LogP contribution in [0.15, 0.2) is 22.7 Å². The van der Waals surface area contributed by atoms with Gasteiger partial charge in [0, 0.05) is 11.8 Å². The molecule has 0 bridgehead atoms. The largest absolute Gasteiger partial charge is 0.313 e. The molecule has 1 atom stereocenters. The Hall–Kier alpha value is -0.0600. The van der Waals surface area contributed by atoms with Gasteiger partial charge < -0.3 is 5.32 Å². The number of hydrogen-bond acceptors (Lipinski definition) is 2. The predicted octanol–water partition coefficient (Wildman–Crippen LogP) is 4.89. The quantitative estimate of drug-likeness (QED) is 0.671. The number of rotatable bonds is 9. The minimum Gasteiger partial charge on any atom is -0.313 e. The lowest BCUT2D eigenvalue weighted by Gasteiger charge is -2.19. The Kier molecular flexibility index (Phi) is 8.82. The van der Waals surface area contributed by atoms with Crippen molar-refractivity contribution in [1.82, 2.24) is 5.32 Å². The van der Waals surface area contributed by atoms with Crippen LogP contribution in [0.4, 0.5) is 4.39 Å². The van der Waals surface area contributed by atoms with Crippen molar-refractivity contribution in [2.24, 2.45) is 5.92 Å². The molecule has 114 valence electrons. The lowest BCUT2D eigenvalue weighted by molar-refractivity contribution is 0.548. The highest BCUT2D eigenvalue weighted by molar-refractivity contribution is 9.10. The van der Waals surface area contributed by atoms with E-state index in [9.17, 15) is 4.39 Å². The second kappa shape index (κ2) is 9.80. The SMILES string of the molecule is CCCNC(CSCC(C)C)Cc1ccc(F)c(Br)c1. The molecule has 0 heterocycles. The summed E-state index contributed by atoms with van der Waals surface area (Å²) in [7, 11) is 0. The molecule has 20 heavy (non-hydrogen) atoms. The van der Waals surface area contributed by atoms with Crippen molar-refractivity contribution in [1.29, 1.82) is 0 Å². The Balaban J connectivity index is 2.55. The molecule has 1 unspecified atom stereocenters. The maximum atomic E-state index is 13.3. The number of thioether (sulfide) groups is 1. The summed E-state index contributed by atoms with van der Waals surface area (Å²) in [6.07, 6.45) is 2.09. The number of benzene rings is 1. The van der Waals surface area contributed by atoms with E-state index in [0.717, 1.165) is 31.1 Å². The molecule has 1 nitrogen and oxygen atoms in total. The van der Waals surface area contributed by atoms with Crippen LogP contribution in [0.25, 0.3) is 0 Å². The van der Waals surface area contributed by atoms with E-state index in [1.807, 2.05) is 23.9 Å². The Morgan fingerprint density at radius 2 is 2.05 bits per heavy atom. The van der Waals surface area contributed by atoms with Gasteiger partial charge in [-0.15, -0.1) is 0 Å². The zero-order chi connectivity index (χ0) is 15.0. The molecule has 0 aliphatic heterocycles. The highest BCUT2D eigenvalue weighted by atomic mass is 79.9. The third-order valence-corrected chi connectivity index (χ3v) is 5.07. The monoisotopic (exact) mass is 361 g/mol. The number of hydrogen-bond donors (Lipinski definition) is 1. The van der Waals surface area contributed by atoms with E-state index in [1.54, 1.807) is 0 Å². The molecule has 0 radical (unpaired) electrons. The third-order valence-electron chi connectivity index (χ3n) is 2.92. The van der Waals surface area contributed by atoms with E-state index in [0.29, 0.717) is 10.5 Å². The lowest BCUT2D eigenvalue weighted by atomic mass is 10.1. The van der Waals surface area contributed by atoms with Gasteiger partial charge in [0.2, 0.25) is 0 Å². The molecule has 1 N–H and O–H groups in total. The van der Waals surface area contributed by atoms with Crippen LogP contribution in [0.3, 0.4) is 0 Å². The first kappa shape index (κ1) is 18.0. The second-order valence-corrected chi connectivity index (χ2v) is 7.46. The van der Waals surface area contributed by atoms with E-state index >= 15 is 0 Å². The summed E-state index contributed by atoms with van der Waals surface area (Å²) in [6.45, 7) is 7.71. The third kappa shape index (κ3) is 7.09. The molecule has 0 fully saturated rings. The van der Waals surface area contributed by atoms with Gasteiger partial charge in [0.05, 0.1) is 4.47 Å². The molecule has 0 aliphatic carbocycles. The first-order chi connectivity index (χ1) is 9.52. The van der Waals surface area contributed by atoms with Crippen molar-refractivity contribution in [2.75, 3.05) is 18.1 Å². The fourth-order valence-electron chi connectivity index (χ4n) is 1.94. The maximum Gasteiger partial charge on any atom is 0.137 e. The standard InChI is InChI=1S/C16H25BrFNS/c1-4-7-19-14(11-20-10-12(2)3)8-13-5-6-16(18)15(17)9-13/h5-6,9,12,14,19H,4,7-8,10-11H2,1-3H3. The van der Waals surface area contributed by atoms with E-state index in [1.165, 1.54) is 17.4 Å². The van der Waals surface area contributed by atoms with Crippen LogP contribution in [-0.2, 0) is 6.42 Å². The fourth-order valence-corrected chi connectivity index (χ4v) is 3.49. The van der Waals surface area contributed by atoms with Crippen LogP contribution in [-0.4, -0.2) is 24.1 Å². The van der Waals surface area contributed by atoms with Crippen molar-refractivity contribution in [3.63, 3.8) is 0 Å². The van der Waals surface area contributed by atoms with Crippen molar-refractivity contribution < 1.29 is 4.39 Å². The molecule has 0 aromatic heterocycles. The second-order valence-electron chi connectivity index (χ2n) is 5.53. The number of halogens is 2. The minimum atomic E-state index is -0.194. The summed E-state index contributed by atoms with van der Waals surface area (Å²) in [6, 6.07) is 5.77. The fraction of sp³-hybridized carbons (Fsp3) is 0.625. The van der Waals surface area contributed by atoms with Crippen LogP contribution in [0, 0.1) is 11.7 Å². The lowest BCUT2D eigenvalue weighted by Crippen LogP contribution is -2.34. The summed E-state index contributed by atoms with van der Waals surface area (Å²) < 4.78 is 13.8. The highest BCUT2D eigenvalue weighted by Gasteiger charge is 2.11. The van der Waals surface area contributed by atoms with Crippen LogP contribution >= 0.6 is 27.7 Å². The topological polar surface area (TPSA) is 12.0 Å². The molecule has 0 saturated heterocycles. The highest BCUT2D eigenvalue weighted by Crippen LogP contribution is 2.19. The van der Waals surface area contributed by atoms with Gasteiger partial charge in [0.25, 0.3) is 0 Å². The van der Waals surface area contributed by atoms with E-state index in [-0.39, 0.29) is 5.82 Å². The molecule has 0 amide bonds. The van der Waals surface area contributed by atoms with Gasteiger partial charge in [-0.3, -0.25) is 0 Å². The Morgan fingerprint density at radius 3 is 2.65 bits per heavy atom. The molecular weight excluding hydrogens is 337 g/mol. The summed E-state index contributed by atoms with van der Waals surface area (Å²) in [5.41, 5.74) is 1.18. The Morgan fingerprint density at radius 1 is 1.30 bits per heavy atom. The van der Waals surface area contributed by atoms with Crippen LogP contribution in [0.2, 0.25) is 0 Å². The molecule has 1 aromatic carbocycles. The van der Waals surface area contributed by atoms with Gasteiger partial charge in [-0.2, -0.15) is 11.8 Å². The van der Waals surface area contributed by atoms with Crippen molar-refractivity contribution in [3.8, 4) is 0 Å². The smallest absolute Gasteiger partial charge is 0.137 e. The molecule has 1 aromatic rings. The summed E-state index contributed by atoms with van der Waals surface area (Å²) in [4.78, 5) is 0. The molecule has 0 spiro atoms. The molecule has 1 rings (SSSR count). The maximum absolute atomic E-state index is 13.3. The summed E-state index contributed by atoms with van der Waals surface area (Å²) in [5.74, 6) is 2.83. The minimum absolute atomic E-state index is 0.194. The zero-order valence-corrected chi connectivity index (χ0v) is 15.0. The van der Waals surface area contributed by atoms with Crippen molar-refractivity contribution >= 4 is 27.7 Å². The summed E-state index contributed by atoms with van der Waals surface area (Å²) >= 11 is 5.26. The van der Waals surface area contributed by atoms with Gasteiger partial charge in [0.15, 0.2) is 0 Å². The van der Waals surface area contributed by atoms with Crippen molar-refractivity contribution in [2.45, 2.75) is 39.7 Å². The average molecular weight is 362 g/mol. The van der Waals surface area contributed by atoms with Crippen LogP contribution in [0.1, 0.15) is 32.8 Å². The van der Waals surface area contributed by atoms with E-state index < -0.39 is 0 Å². The molecular formula is C16H25BrFNS. The van der Waals surface area contributed by atoms with Crippen LogP contribution < -0.4 is 5.32 Å². The Labute approximate surface area is 135 Å². The molecule has 0 aliphatic rings. The average Bonchev–Trinajstić information content (AvgIpc) is 2.39. The van der Waals surface area contributed by atoms with Crippen molar-refractivity contribution in [3.05, 3.63) is 34.1 Å². The predicted molar refractivity (Wildman–Crippen MR) is 92.0 cm³/mol. The van der Waals surface area contributed by atoms with Gasteiger partial charge in [0.1, 0.15) is 5.82 Å². The normalized spacial score (nSPS) is 12.9. The van der Waals surface area contributed by atoms with Gasteiger partial charge in [-0.05, 0) is 64.7 Å². The van der Waals surface area contributed by atoms with Crippen LogP contribution in [0.5, 0.6) is 0 Å². The molecule has 0 saturated carbocycles. The number of nitrogens with one attached hydrogen (secondary N) is 1. The first-order valence-electron chi connectivity index (χ1n) is 7.28. The summed E-state index contributed by atoms with van der Waals surface area (Å²) in [5, 5.41) is 3.60. The van der Waals surface area contributed by atoms with E-state index in [4.69, 9.17) is 0 Å². The van der Waals surface area contributed by atoms with E-state index in [2.05, 4.69) is 42.0 Å². The van der Waals surface area contributed by atoms with Gasteiger partial charge >= 0.3 is 0 Å². The first-order valence-corrected chi connectivity index (χ1v) is 9.22. The Bertz CT molecular complexity index is 398.